The van der Waals surface area contributed by atoms with Crippen molar-refractivity contribution in [2.24, 2.45) is 0 Å². The Bertz CT molecular complexity index is 1360. The van der Waals surface area contributed by atoms with Gasteiger partial charge < -0.3 is 23.3 Å². The second kappa shape index (κ2) is 9.32. The summed E-state index contributed by atoms with van der Waals surface area (Å²) < 4.78 is 56.7. The number of ketones is 1. The van der Waals surface area contributed by atoms with Crippen molar-refractivity contribution in [3.8, 4) is 11.5 Å². The molecule has 35 heavy (non-hydrogen) atoms. The Hall–Kier alpha value is -4.02. The highest BCUT2D eigenvalue weighted by Gasteiger charge is 2.31. The second-order valence-corrected chi connectivity index (χ2v) is 8.02. The lowest BCUT2D eigenvalue weighted by atomic mass is 10.1. The molecular formula is C24H21F3N2O6. The Labute approximate surface area is 197 Å². The third-order valence-corrected chi connectivity index (χ3v) is 5.63. The van der Waals surface area contributed by atoms with Crippen molar-refractivity contribution in [2.75, 3.05) is 13.4 Å². The number of rotatable bonds is 7. The average molecular weight is 490 g/mol. The molecule has 0 spiro atoms. The third kappa shape index (κ3) is 5.23. The van der Waals surface area contributed by atoms with Crippen LogP contribution in [0, 0.1) is 13.8 Å². The van der Waals surface area contributed by atoms with E-state index >= 15 is 0 Å². The molecule has 0 aliphatic carbocycles. The lowest BCUT2D eigenvalue weighted by molar-refractivity contribution is -0.144. The van der Waals surface area contributed by atoms with Gasteiger partial charge in [0.25, 0.3) is 5.56 Å². The molecule has 8 nitrogen and oxygen atoms in total. The molecule has 11 heteroatoms. The van der Waals surface area contributed by atoms with Crippen LogP contribution in [-0.2, 0) is 28.8 Å². The Morgan fingerprint density at radius 3 is 2.54 bits per heavy atom. The molecular weight excluding hydrogens is 469 g/mol. The highest BCUT2D eigenvalue weighted by molar-refractivity contribution is 5.99. The summed E-state index contributed by atoms with van der Waals surface area (Å²) in [6.07, 6.45) is -4.13. The predicted octanol–water partition coefficient (Wildman–Crippen LogP) is 3.49. The van der Waals surface area contributed by atoms with E-state index in [1.807, 2.05) is 29.7 Å². The van der Waals surface area contributed by atoms with E-state index in [9.17, 15) is 27.6 Å². The van der Waals surface area contributed by atoms with E-state index in [4.69, 9.17) is 14.2 Å². The number of nitrogens with zero attached hydrogens (tertiary/aromatic N) is 2. The maximum Gasteiger partial charge on any atom is 0.417 e. The SMILES string of the molecule is Cc1cc(C(=O)COC(=O)Cn2cc(C(F)(F)F)ccc2=O)c(C)n1Cc1ccc2c(c1)OCO2. The molecule has 0 bridgehead atoms. The summed E-state index contributed by atoms with van der Waals surface area (Å²) in [5.41, 5.74) is 0.894. The van der Waals surface area contributed by atoms with Crippen molar-refractivity contribution in [2.45, 2.75) is 33.1 Å². The molecule has 1 aromatic carbocycles. The first-order valence-corrected chi connectivity index (χ1v) is 10.5. The van der Waals surface area contributed by atoms with E-state index in [0.717, 1.165) is 17.3 Å². The van der Waals surface area contributed by atoms with Gasteiger partial charge in [0.2, 0.25) is 12.6 Å². The number of halogens is 3. The summed E-state index contributed by atoms with van der Waals surface area (Å²) in [4.78, 5) is 36.6. The minimum Gasteiger partial charge on any atom is -0.456 e. The summed E-state index contributed by atoms with van der Waals surface area (Å²) in [6.45, 7) is 2.88. The number of aromatic nitrogens is 2. The van der Waals surface area contributed by atoms with Crippen molar-refractivity contribution in [1.82, 2.24) is 9.13 Å². The zero-order valence-corrected chi connectivity index (χ0v) is 18.8. The zero-order valence-electron chi connectivity index (χ0n) is 18.8. The van der Waals surface area contributed by atoms with E-state index in [2.05, 4.69) is 0 Å². The number of carbonyl (C=O) groups is 2. The molecule has 0 unspecified atom stereocenters. The number of benzene rings is 1. The van der Waals surface area contributed by atoms with Crippen LogP contribution < -0.4 is 15.0 Å². The fourth-order valence-electron chi connectivity index (χ4n) is 3.78. The highest BCUT2D eigenvalue weighted by Crippen LogP contribution is 2.33. The number of Topliss-reactive ketones (excluding diaryl/α,β-unsaturated/α-hetero) is 1. The molecule has 1 aliphatic rings. The number of alkyl halides is 3. The smallest absolute Gasteiger partial charge is 0.417 e. The molecule has 0 radical (unpaired) electrons. The average Bonchev–Trinajstić information content (AvgIpc) is 3.37. The topological polar surface area (TPSA) is 88.8 Å². The van der Waals surface area contributed by atoms with Crippen LogP contribution in [0.3, 0.4) is 0 Å². The van der Waals surface area contributed by atoms with Gasteiger partial charge in [0.05, 0.1) is 5.56 Å². The molecule has 0 saturated heterocycles. The Balaban J connectivity index is 1.41. The standard InChI is InChI=1S/C24H21F3N2O6/c1-14-7-18(15(2)29(14)9-16-3-5-20-21(8-16)35-13-34-20)19(30)12-33-23(32)11-28-10-17(24(25,26)27)4-6-22(28)31/h3-8,10H,9,11-13H2,1-2H3. The maximum absolute atomic E-state index is 12.9. The van der Waals surface area contributed by atoms with E-state index in [0.29, 0.717) is 46.1 Å². The first kappa shape index (κ1) is 24.1. The Kier molecular flexibility index (Phi) is 6.42. The van der Waals surface area contributed by atoms with E-state index < -0.39 is 42.2 Å². The van der Waals surface area contributed by atoms with Crippen LogP contribution in [0.5, 0.6) is 11.5 Å². The van der Waals surface area contributed by atoms with Gasteiger partial charge in [0.1, 0.15) is 6.54 Å². The van der Waals surface area contributed by atoms with Crippen LogP contribution in [0.1, 0.15) is 32.9 Å². The number of hydrogen-bond acceptors (Lipinski definition) is 6. The van der Waals surface area contributed by atoms with E-state index in [1.165, 1.54) is 0 Å². The molecule has 3 aromatic rings. The lowest BCUT2D eigenvalue weighted by Crippen LogP contribution is -2.27. The quantitative estimate of drug-likeness (QED) is 0.372. The van der Waals surface area contributed by atoms with Crippen molar-refractivity contribution in [3.05, 3.63) is 81.0 Å². The first-order chi connectivity index (χ1) is 16.5. The molecule has 2 aromatic heterocycles. The van der Waals surface area contributed by atoms with Crippen molar-refractivity contribution >= 4 is 11.8 Å². The van der Waals surface area contributed by atoms with Crippen molar-refractivity contribution < 1.29 is 37.0 Å². The van der Waals surface area contributed by atoms with Gasteiger partial charge in [0, 0.05) is 35.8 Å². The number of aryl methyl sites for hydroxylation is 1. The fraction of sp³-hybridized carbons (Fsp3) is 0.292. The number of fused-ring (bicyclic) bond motifs is 1. The first-order valence-electron chi connectivity index (χ1n) is 10.5. The normalized spacial score (nSPS) is 12.6. The number of hydrogen-bond donors (Lipinski definition) is 0. The van der Waals surface area contributed by atoms with Gasteiger partial charge in [-0.05, 0) is 43.7 Å². The Morgan fingerprint density at radius 1 is 1.06 bits per heavy atom. The summed E-state index contributed by atoms with van der Waals surface area (Å²) in [5.74, 6) is -0.165. The Morgan fingerprint density at radius 2 is 1.80 bits per heavy atom. The molecule has 184 valence electrons. The van der Waals surface area contributed by atoms with Gasteiger partial charge in [-0.15, -0.1) is 0 Å². The van der Waals surface area contributed by atoms with Gasteiger partial charge in [-0.3, -0.25) is 14.4 Å². The van der Waals surface area contributed by atoms with Crippen LogP contribution in [-0.4, -0.2) is 34.3 Å². The van der Waals surface area contributed by atoms with Gasteiger partial charge in [-0.2, -0.15) is 13.2 Å². The largest absolute Gasteiger partial charge is 0.456 e. The van der Waals surface area contributed by atoms with Gasteiger partial charge in [-0.1, -0.05) is 6.07 Å². The zero-order chi connectivity index (χ0) is 25.3. The van der Waals surface area contributed by atoms with E-state index in [1.54, 1.807) is 13.0 Å². The minimum absolute atomic E-state index is 0.167. The summed E-state index contributed by atoms with van der Waals surface area (Å²) in [5, 5.41) is 0. The van der Waals surface area contributed by atoms with Crippen molar-refractivity contribution in [3.63, 3.8) is 0 Å². The summed E-state index contributed by atoms with van der Waals surface area (Å²) in [7, 11) is 0. The predicted molar refractivity (Wildman–Crippen MR) is 117 cm³/mol. The van der Waals surface area contributed by atoms with Gasteiger partial charge >= 0.3 is 12.1 Å². The summed E-state index contributed by atoms with van der Waals surface area (Å²) >= 11 is 0. The van der Waals surface area contributed by atoms with Crippen LogP contribution in [0.25, 0.3) is 0 Å². The minimum atomic E-state index is -4.67. The molecule has 0 fully saturated rings. The lowest BCUT2D eigenvalue weighted by Gasteiger charge is -2.11. The van der Waals surface area contributed by atoms with Gasteiger partial charge in [0.15, 0.2) is 18.1 Å². The molecule has 0 atom stereocenters. The highest BCUT2D eigenvalue weighted by atomic mass is 19.4. The summed E-state index contributed by atoms with van der Waals surface area (Å²) in [6, 6.07) is 8.59. The number of ether oxygens (including phenoxy) is 3. The molecule has 0 N–H and O–H groups in total. The molecule has 4 rings (SSSR count). The second-order valence-electron chi connectivity index (χ2n) is 8.02. The van der Waals surface area contributed by atoms with E-state index in [-0.39, 0.29) is 6.79 Å². The molecule has 0 saturated carbocycles. The fourth-order valence-corrected chi connectivity index (χ4v) is 3.78. The number of carbonyl (C=O) groups excluding carboxylic acids is 2. The maximum atomic E-state index is 12.9. The molecule has 1 aliphatic heterocycles. The van der Waals surface area contributed by atoms with Crippen molar-refractivity contribution in [1.29, 1.82) is 0 Å². The van der Waals surface area contributed by atoms with Crippen LogP contribution in [0.4, 0.5) is 13.2 Å². The van der Waals surface area contributed by atoms with Gasteiger partial charge in [-0.25, -0.2) is 0 Å². The monoisotopic (exact) mass is 490 g/mol. The number of pyridine rings is 1. The molecule has 0 amide bonds. The number of esters is 1. The van der Waals surface area contributed by atoms with Crippen LogP contribution in [0.15, 0.2) is 47.4 Å². The van der Waals surface area contributed by atoms with Crippen LogP contribution >= 0.6 is 0 Å². The molecule has 3 heterocycles. The third-order valence-electron chi connectivity index (χ3n) is 5.63. The van der Waals surface area contributed by atoms with Crippen LogP contribution in [0.2, 0.25) is 0 Å².